The van der Waals surface area contributed by atoms with Gasteiger partial charge in [-0.25, -0.2) is 0 Å². The van der Waals surface area contributed by atoms with Crippen molar-refractivity contribution in [3.63, 3.8) is 0 Å². The highest BCUT2D eigenvalue weighted by Gasteiger charge is 2.10. The Labute approximate surface area is 106 Å². The van der Waals surface area contributed by atoms with E-state index in [2.05, 4.69) is 17.1 Å². The molecule has 1 amide bonds. The number of carbonyl (C=O) groups excluding carboxylic acids is 1. The van der Waals surface area contributed by atoms with Gasteiger partial charge in [-0.15, -0.1) is 0 Å². The van der Waals surface area contributed by atoms with Crippen LogP contribution in [0.4, 0.5) is 0 Å². The van der Waals surface area contributed by atoms with Gasteiger partial charge in [0, 0.05) is 19.5 Å². The van der Waals surface area contributed by atoms with Crippen molar-refractivity contribution in [3.8, 4) is 0 Å². The maximum atomic E-state index is 11.6. The standard InChI is InChI=1S/C14H28N2O/c1-2-3-6-10-15-14(17)9-13-16-11-7-4-5-8-12-16/h2-13H2,1H3,(H,15,17). The Morgan fingerprint density at radius 2 is 1.82 bits per heavy atom. The van der Waals surface area contributed by atoms with E-state index in [9.17, 15) is 4.79 Å². The summed E-state index contributed by atoms with van der Waals surface area (Å²) in [6.45, 7) is 6.35. The minimum absolute atomic E-state index is 0.227. The predicted molar refractivity (Wildman–Crippen MR) is 72.1 cm³/mol. The number of nitrogens with zero attached hydrogens (tertiary/aromatic N) is 1. The van der Waals surface area contributed by atoms with E-state index in [1.165, 1.54) is 51.6 Å². The first-order chi connectivity index (χ1) is 8.33. The predicted octanol–water partition coefficient (Wildman–Crippen LogP) is 2.56. The Kier molecular flexibility index (Phi) is 8.06. The fourth-order valence-corrected chi connectivity index (χ4v) is 2.31. The molecular weight excluding hydrogens is 212 g/mol. The van der Waals surface area contributed by atoms with Gasteiger partial charge >= 0.3 is 0 Å². The van der Waals surface area contributed by atoms with Gasteiger partial charge in [-0.2, -0.15) is 0 Å². The third-order valence-electron chi connectivity index (χ3n) is 3.46. The maximum Gasteiger partial charge on any atom is 0.221 e. The molecule has 0 unspecified atom stereocenters. The average Bonchev–Trinajstić information content (AvgIpc) is 2.60. The van der Waals surface area contributed by atoms with Crippen LogP contribution in [-0.4, -0.2) is 37.0 Å². The monoisotopic (exact) mass is 240 g/mol. The second-order valence-corrected chi connectivity index (χ2v) is 5.06. The Balaban J connectivity index is 2.01. The van der Waals surface area contributed by atoms with Gasteiger partial charge in [-0.1, -0.05) is 32.6 Å². The smallest absolute Gasteiger partial charge is 0.221 e. The van der Waals surface area contributed by atoms with E-state index in [0.29, 0.717) is 6.42 Å². The molecule has 1 saturated heterocycles. The Morgan fingerprint density at radius 1 is 1.12 bits per heavy atom. The van der Waals surface area contributed by atoms with Crippen molar-refractivity contribution in [1.82, 2.24) is 10.2 Å². The van der Waals surface area contributed by atoms with Crippen molar-refractivity contribution >= 4 is 5.91 Å². The van der Waals surface area contributed by atoms with Crippen LogP contribution < -0.4 is 5.32 Å². The highest BCUT2D eigenvalue weighted by molar-refractivity contribution is 5.75. The fraction of sp³-hybridized carbons (Fsp3) is 0.929. The lowest BCUT2D eigenvalue weighted by Gasteiger charge is -2.19. The van der Waals surface area contributed by atoms with Crippen LogP contribution in [0.5, 0.6) is 0 Å². The van der Waals surface area contributed by atoms with Crippen LogP contribution in [0.25, 0.3) is 0 Å². The topological polar surface area (TPSA) is 32.3 Å². The Hall–Kier alpha value is -0.570. The fourth-order valence-electron chi connectivity index (χ4n) is 2.31. The number of carbonyl (C=O) groups is 1. The van der Waals surface area contributed by atoms with Crippen molar-refractivity contribution in [3.05, 3.63) is 0 Å². The van der Waals surface area contributed by atoms with Crippen LogP contribution in [0.2, 0.25) is 0 Å². The highest BCUT2D eigenvalue weighted by atomic mass is 16.1. The molecule has 0 aromatic rings. The van der Waals surface area contributed by atoms with Crippen LogP contribution >= 0.6 is 0 Å². The normalized spacial score (nSPS) is 17.7. The summed E-state index contributed by atoms with van der Waals surface area (Å²) >= 11 is 0. The molecule has 0 aliphatic carbocycles. The van der Waals surface area contributed by atoms with Gasteiger partial charge in [0.15, 0.2) is 0 Å². The molecule has 3 heteroatoms. The van der Waals surface area contributed by atoms with Crippen LogP contribution in [-0.2, 0) is 4.79 Å². The average molecular weight is 240 g/mol. The second-order valence-electron chi connectivity index (χ2n) is 5.06. The van der Waals surface area contributed by atoms with Gasteiger partial charge in [-0.3, -0.25) is 4.79 Å². The maximum absolute atomic E-state index is 11.6. The summed E-state index contributed by atoms with van der Waals surface area (Å²) in [5, 5.41) is 3.01. The molecule has 0 radical (unpaired) electrons. The largest absolute Gasteiger partial charge is 0.356 e. The molecular formula is C14H28N2O. The molecule has 0 atom stereocenters. The summed E-state index contributed by atoms with van der Waals surface area (Å²) in [5.41, 5.74) is 0. The summed E-state index contributed by atoms with van der Waals surface area (Å²) < 4.78 is 0. The van der Waals surface area contributed by atoms with Crippen LogP contribution in [0.15, 0.2) is 0 Å². The van der Waals surface area contributed by atoms with Crippen molar-refractivity contribution in [2.24, 2.45) is 0 Å². The van der Waals surface area contributed by atoms with Crippen molar-refractivity contribution < 1.29 is 4.79 Å². The molecule has 1 fully saturated rings. The van der Waals surface area contributed by atoms with E-state index in [1.54, 1.807) is 0 Å². The summed E-state index contributed by atoms with van der Waals surface area (Å²) in [6, 6.07) is 0. The molecule has 0 aromatic heterocycles. The van der Waals surface area contributed by atoms with E-state index in [0.717, 1.165) is 19.5 Å². The van der Waals surface area contributed by atoms with Crippen LogP contribution in [0.1, 0.15) is 58.3 Å². The summed E-state index contributed by atoms with van der Waals surface area (Å²) in [4.78, 5) is 14.0. The van der Waals surface area contributed by atoms with E-state index in [4.69, 9.17) is 0 Å². The quantitative estimate of drug-likeness (QED) is 0.694. The van der Waals surface area contributed by atoms with Gasteiger partial charge in [0.05, 0.1) is 0 Å². The first-order valence-corrected chi connectivity index (χ1v) is 7.32. The van der Waals surface area contributed by atoms with Crippen molar-refractivity contribution in [1.29, 1.82) is 0 Å². The van der Waals surface area contributed by atoms with E-state index < -0.39 is 0 Å². The summed E-state index contributed by atoms with van der Waals surface area (Å²) in [7, 11) is 0. The number of hydrogen-bond acceptors (Lipinski definition) is 2. The lowest BCUT2D eigenvalue weighted by atomic mass is 10.2. The number of hydrogen-bond donors (Lipinski definition) is 1. The molecule has 1 aliphatic heterocycles. The lowest BCUT2D eigenvalue weighted by molar-refractivity contribution is -0.121. The van der Waals surface area contributed by atoms with Crippen LogP contribution in [0.3, 0.4) is 0 Å². The third kappa shape index (κ3) is 7.37. The van der Waals surface area contributed by atoms with Gasteiger partial charge in [-0.05, 0) is 32.4 Å². The molecule has 100 valence electrons. The first kappa shape index (κ1) is 14.5. The van der Waals surface area contributed by atoms with Gasteiger partial charge in [0.2, 0.25) is 5.91 Å². The molecule has 0 aromatic carbocycles. The van der Waals surface area contributed by atoms with Gasteiger partial charge in [0.25, 0.3) is 0 Å². The molecule has 0 bridgehead atoms. The summed E-state index contributed by atoms with van der Waals surface area (Å²) in [6.07, 6.45) is 9.55. The minimum atomic E-state index is 0.227. The molecule has 3 nitrogen and oxygen atoms in total. The lowest BCUT2D eigenvalue weighted by Crippen LogP contribution is -2.31. The molecule has 0 spiro atoms. The molecule has 17 heavy (non-hydrogen) atoms. The third-order valence-corrected chi connectivity index (χ3v) is 3.46. The zero-order valence-corrected chi connectivity index (χ0v) is 11.3. The first-order valence-electron chi connectivity index (χ1n) is 7.32. The zero-order chi connectivity index (χ0) is 12.3. The van der Waals surface area contributed by atoms with E-state index >= 15 is 0 Å². The zero-order valence-electron chi connectivity index (χ0n) is 11.3. The minimum Gasteiger partial charge on any atom is -0.356 e. The molecule has 0 saturated carbocycles. The second kappa shape index (κ2) is 9.46. The molecule has 1 aliphatic rings. The SMILES string of the molecule is CCCCCNC(=O)CCN1CCCCCC1. The van der Waals surface area contributed by atoms with Crippen LogP contribution in [0, 0.1) is 0 Å². The Bertz CT molecular complexity index is 198. The van der Waals surface area contributed by atoms with Gasteiger partial charge in [0.1, 0.15) is 0 Å². The molecule has 1 rings (SSSR count). The number of nitrogens with one attached hydrogen (secondary N) is 1. The summed E-state index contributed by atoms with van der Waals surface area (Å²) in [5.74, 6) is 0.227. The molecule has 1 N–H and O–H groups in total. The van der Waals surface area contributed by atoms with E-state index in [1.807, 2.05) is 0 Å². The Morgan fingerprint density at radius 3 is 2.47 bits per heavy atom. The van der Waals surface area contributed by atoms with Gasteiger partial charge < -0.3 is 10.2 Å². The van der Waals surface area contributed by atoms with E-state index in [-0.39, 0.29) is 5.91 Å². The number of amides is 1. The highest BCUT2D eigenvalue weighted by Crippen LogP contribution is 2.09. The number of rotatable bonds is 7. The van der Waals surface area contributed by atoms with Crippen molar-refractivity contribution in [2.45, 2.75) is 58.3 Å². The number of likely N-dealkylation sites (tertiary alicyclic amines) is 1. The van der Waals surface area contributed by atoms with Crippen molar-refractivity contribution in [2.75, 3.05) is 26.2 Å². The number of unbranched alkanes of at least 4 members (excludes halogenated alkanes) is 2. The molecule has 1 heterocycles.